The monoisotopic (exact) mass is 314 g/mol. The molecular formula is C16H11ClN2O3. The number of halogens is 1. The molecule has 0 radical (unpaired) electrons. The first-order valence-electron chi connectivity index (χ1n) is 6.68. The van der Waals surface area contributed by atoms with Crippen LogP contribution in [0.25, 0.3) is 10.9 Å². The van der Waals surface area contributed by atoms with Crippen molar-refractivity contribution in [1.29, 1.82) is 0 Å². The third-order valence-electron chi connectivity index (χ3n) is 3.52. The smallest absolute Gasteiger partial charge is 0.257 e. The van der Waals surface area contributed by atoms with Crippen molar-refractivity contribution in [3.8, 4) is 11.5 Å². The summed E-state index contributed by atoms with van der Waals surface area (Å²) >= 11 is 6.00. The molecule has 0 spiro atoms. The zero-order valence-corrected chi connectivity index (χ0v) is 12.1. The molecule has 0 fully saturated rings. The summed E-state index contributed by atoms with van der Waals surface area (Å²) < 4.78 is 10.5. The molecule has 0 aliphatic carbocycles. The second kappa shape index (κ2) is 4.96. The van der Waals surface area contributed by atoms with Crippen molar-refractivity contribution in [3.05, 3.63) is 53.2 Å². The lowest BCUT2D eigenvalue weighted by Crippen LogP contribution is -2.11. The molecule has 6 heteroatoms. The van der Waals surface area contributed by atoms with E-state index >= 15 is 0 Å². The van der Waals surface area contributed by atoms with Gasteiger partial charge in [0.15, 0.2) is 11.5 Å². The zero-order valence-electron chi connectivity index (χ0n) is 11.4. The summed E-state index contributed by atoms with van der Waals surface area (Å²) in [6.45, 7) is 0.202. The molecule has 2 aromatic carbocycles. The van der Waals surface area contributed by atoms with Gasteiger partial charge in [0.25, 0.3) is 5.91 Å². The van der Waals surface area contributed by atoms with Gasteiger partial charge in [0.1, 0.15) is 0 Å². The highest BCUT2D eigenvalue weighted by Gasteiger charge is 2.16. The van der Waals surface area contributed by atoms with Crippen LogP contribution in [0, 0.1) is 0 Å². The maximum Gasteiger partial charge on any atom is 0.257 e. The first-order valence-corrected chi connectivity index (χ1v) is 7.06. The number of nitrogens with one attached hydrogen (secondary N) is 2. The summed E-state index contributed by atoms with van der Waals surface area (Å²) in [5.41, 5.74) is 2.04. The topological polar surface area (TPSA) is 63.4 Å². The fourth-order valence-corrected chi connectivity index (χ4v) is 2.63. The SMILES string of the molecule is O=C(Nc1ccc2c(c1)OCO2)c1c[nH]c2ccc(Cl)cc12. The molecule has 4 rings (SSSR count). The van der Waals surface area contributed by atoms with Gasteiger partial charge < -0.3 is 19.8 Å². The van der Waals surface area contributed by atoms with Gasteiger partial charge in [0.05, 0.1) is 5.56 Å². The predicted octanol–water partition coefficient (Wildman–Crippen LogP) is 3.80. The van der Waals surface area contributed by atoms with Crippen LogP contribution < -0.4 is 14.8 Å². The van der Waals surface area contributed by atoms with Crippen molar-refractivity contribution in [2.24, 2.45) is 0 Å². The van der Waals surface area contributed by atoms with Crippen LogP contribution in [-0.4, -0.2) is 17.7 Å². The summed E-state index contributed by atoms with van der Waals surface area (Å²) in [6, 6.07) is 10.7. The number of ether oxygens (including phenoxy) is 2. The number of H-pyrrole nitrogens is 1. The van der Waals surface area contributed by atoms with Gasteiger partial charge in [-0.3, -0.25) is 4.79 Å². The minimum Gasteiger partial charge on any atom is -0.454 e. The number of carbonyl (C=O) groups excluding carboxylic acids is 1. The minimum absolute atomic E-state index is 0.202. The number of fused-ring (bicyclic) bond motifs is 2. The lowest BCUT2D eigenvalue weighted by atomic mass is 10.1. The standard InChI is InChI=1S/C16H11ClN2O3/c17-9-1-3-13-11(5-9)12(7-18-13)16(20)19-10-2-4-14-15(6-10)22-8-21-14/h1-7,18H,8H2,(H,19,20). The van der Waals surface area contributed by atoms with Gasteiger partial charge in [-0.05, 0) is 30.3 Å². The Morgan fingerprint density at radius 2 is 2.00 bits per heavy atom. The molecule has 2 heterocycles. The van der Waals surface area contributed by atoms with E-state index in [9.17, 15) is 4.79 Å². The van der Waals surface area contributed by atoms with Crippen LogP contribution in [0.3, 0.4) is 0 Å². The maximum atomic E-state index is 12.5. The molecule has 0 atom stereocenters. The van der Waals surface area contributed by atoms with Crippen LogP contribution in [0.1, 0.15) is 10.4 Å². The van der Waals surface area contributed by atoms with E-state index in [0.717, 1.165) is 10.9 Å². The van der Waals surface area contributed by atoms with Crippen molar-refractivity contribution in [2.45, 2.75) is 0 Å². The molecule has 1 aromatic heterocycles. The van der Waals surface area contributed by atoms with Crippen molar-refractivity contribution < 1.29 is 14.3 Å². The van der Waals surface area contributed by atoms with Gasteiger partial charge in [0.2, 0.25) is 6.79 Å². The number of hydrogen-bond acceptors (Lipinski definition) is 3. The van der Waals surface area contributed by atoms with Gasteiger partial charge in [-0.25, -0.2) is 0 Å². The second-order valence-electron chi connectivity index (χ2n) is 4.91. The van der Waals surface area contributed by atoms with Crippen LogP contribution in [-0.2, 0) is 0 Å². The number of benzene rings is 2. The average Bonchev–Trinajstić information content (AvgIpc) is 3.12. The first-order chi connectivity index (χ1) is 10.7. The van der Waals surface area contributed by atoms with Gasteiger partial charge in [-0.15, -0.1) is 0 Å². The number of aromatic nitrogens is 1. The van der Waals surface area contributed by atoms with Crippen molar-refractivity contribution >= 4 is 34.1 Å². The zero-order chi connectivity index (χ0) is 15.1. The highest BCUT2D eigenvalue weighted by Crippen LogP contribution is 2.34. The molecule has 0 unspecified atom stereocenters. The normalized spacial score (nSPS) is 12.6. The van der Waals surface area contributed by atoms with Crippen LogP contribution in [0.4, 0.5) is 5.69 Å². The lowest BCUT2D eigenvalue weighted by Gasteiger charge is -2.05. The van der Waals surface area contributed by atoms with E-state index in [2.05, 4.69) is 10.3 Å². The Hall–Kier alpha value is -2.66. The Morgan fingerprint density at radius 1 is 1.14 bits per heavy atom. The van der Waals surface area contributed by atoms with E-state index < -0.39 is 0 Å². The van der Waals surface area contributed by atoms with E-state index in [1.54, 1.807) is 36.5 Å². The third-order valence-corrected chi connectivity index (χ3v) is 3.75. The Bertz CT molecular complexity index is 888. The fourth-order valence-electron chi connectivity index (χ4n) is 2.45. The summed E-state index contributed by atoms with van der Waals surface area (Å²) in [5, 5.41) is 4.22. The molecule has 2 N–H and O–H groups in total. The summed E-state index contributed by atoms with van der Waals surface area (Å²) in [7, 11) is 0. The lowest BCUT2D eigenvalue weighted by molar-refractivity contribution is 0.102. The van der Waals surface area contributed by atoms with Crippen molar-refractivity contribution in [1.82, 2.24) is 4.98 Å². The molecule has 0 saturated heterocycles. The van der Waals surface area contributed by atoms with Crippen molar-refractivity contribution in [3.63, 3.8) is 0 Å². The third kappa shape index (κ3) is 2.16. The molecule has 1 amide bonds. The Kier molecular flexibility index (Phi) is 2.94. The van der Waals surface area contributed by atoms with E-state index in [0.29, 0.717) is 27.8 Å². The van der Waals surface area contributed by atoms with Crippen molar-refractivity contribution in [2.75, 3.05) is 12.1 Å². The molecule has 1 aliphatic rings. The number of anilines is 1. The van der Waals surface area contributed by atoms with Crippen LogP contribution >= 0.6 is 11.6 Å². The van der Waals surface area contributed by atoms with E-state index in [1.165, 1.54) is 0 Å². The van der Waals surface area contributed by atoms with E-state index in [-0.39, 0.29) is 12.7 Å². The molecule has 3 aromatic rings. The molecule has 5 nitrogen and oxygen atoms in total. The van der Waals surface area contributed by atoms with Crippen LogP contribution in [0.15, 0.2) is 42.6 Å². The van der Waals surface area contributed by atoms with Crippen LogP contribution in [0.2, 0.25) is 5.02 Å². The summed E-state index contributed by atoms with van der Waals surface area (Å²) in [6.07, 6.45) is 1.67. The highest BCUT2D eigenvalue weighted by atomic mass is 35.5. The Labute approximate surface area is 130 Å². The quantitative estimate of drug-likeness (QED) is 0.756. The number of hydrogen-bond donors (Lipinski definition) is 2. The first kappa shape index (κ1) is 13.0. The largest absolute Gasteiger partial charge is 0.454 e. The average molecular weight is 315 g/mol. The Morgan fingerprint density at radius 3 is 2.91 bits per heavy atom. The van der Waals surface area contributed by atoms with E-state index in [4.69, 9.17) is 21.1 Å². The molecule has 0 bridgehead atoms. The number of rotatable bonds is 2. The summed E-state index contributed by atoms with van der Waals surface area (Å²) in [4.78, 5) is 15.5. The Balaban J connectivity index is 1.65. The van der Waals surface area contributed by atoms with Gasteiger partial charge in [-0.1, -0.05) is 11.6 Å². The van der Waals surface area contributed by atoms with Gasteiger partial charge in [-0.2, -0.15) is 0 Å². The van der Waals surface area contributed by atoms with Crippen LogP contribution in [0.5, 0.6) is 11.5 Å². The molecule has 110 valence electrons. The molecule has 1 aliphatic heterocycles. The predicted molar refractivity (Wildman–Crippen MR) is 83.8 cm³/mol. The highest BCUT2D eigenvalue weighted by molar-refractivity contribution is 6.31. The fraction of sp³-hybridized carbons (Fsp3) is 0.0625. The molecule has 0 saturated carbocycles. The molecule has 22 heavy (non-hydrogen) atoms. The summed E-state index contributed by atoms with van der Waals surface area (Å²) in [5.74, 6) is 1.09. The molecular weight excluding hydrogens is 304 g/mol. The van der Waals surface area contributed by atoms with Gasteiger partial charge >= 0.3 is 0 Å². The maximum absolute atomic E-state index is 12.5. The number of amides is 1. The number of carbonyl (C=O) groups is 1. The minimum atomic E-state index is -0.215. The second-order valence-corrected chi connectivity index (χ2v) is 5.35. The number of aromatic amines is 1. The van der Waals surface area contributed by atoms with Gasteiger partial charge in [0, 0.05) is 33.9 Å². The van der Waals surface area contributed by atoms with E-state index in [1.807, 2.05) is 6.07 Å².